The number of aromatic amines is 1. The van der Waals surface area contributed by atoms with E-state index in [1.54, 1.807) is 6.20 Å². The maximum absolute atomic E-state index is 12.3. The Kier molecular flexibility index (Phi) is 5.96. The number of nitrogens with two attached hydrogens (primary N) is 1. The molecule has 1 saturated heterocycles. The number of unbranched alkanes of at least 4 members (excludes halogenated alkanes) is 2. The number of nitrogens with one attached hydrogen (secondary N) is 2. The number of halogens is 1. The summed E-state index contributed by atoms with van der Waals surface area (Å²) in [5.74, 6) is 0.0515. The quantitative estimate of drug-likeness (QED) is 0.635. The minimum Gasteiger partial charge on any atom is -0.368 e. The van der Waals surface area contributed by atoms with E-state index in [4.69, 9.17) is 5.73 Å². The predicted molar refractivity (Wildman–Crippen MR) is 106 cm³/mol. The van der Waals surface area contributed by atoms with Crippen LogP contribution in [-0.2, 0) is 4.79 Å². The van der Waals surface area contributed by atoms with E-state index in [0.29, 0.717) is 6.42 Å². The minimum absolute atomic E-state index is 0.0515. The number of hydrogen-bond acceptors (Lipinski definition) is 4. The lowest BCUT2D eigenvalue weighted by molar-refractivity contribution is -0.116. The maximum atomic E-state index is 12.3. The third-order valence-corrected chi connectivity index (χ3v) is 5.27. The summed E-state index contributed by atoms with van der Waals surface area (Å²) in [4.78, 5) is 22.2. The Morgan fingerprint density at radius 3 is 3.12 bits per heavy atom. The highest BCUT2D eigenvalue weighted by Gasteiger charge is 2.23. The van der Waals surface area contributed by atoms with Crippen molar-refractivity contribution in [1.82, 2.24) is 9.97 Å². The minimum atomic E-state index is 0.0515. The molecule has 25 heavy (non-hydrogen) atoms. The standard InChI is InChI=1S/C18H26BrN5O/c1-2-3-4-7-15(25)23-14-10-22-18-16(14)17(13(19)9-21-18)24-8-5-6-12(20)11-24/h9-10,12H,2-8,11,20H2,1H3,(H,21,22)(H,23,25)/t12-/m1/s1. The van der Waals surface area contributed by atoms with E-state index in [1.807, 2.05) is 6.20 Å². The van der Waals surface area contributed by atoms with E-state index >= 15 is 0 Å². The molecule has 1 atom stereocenters. The number of fused-ring (bicyclic) bond motifs is 1. The Balaban J connectivity index is 1.90. The number of piperidine rings is 1. The third-order valence-electron chi connectivity index (χ3n) is 4.68. The molecular weight excluding hydrogens is 382 g/mol. The molecule has 0 saturated carbocycles. The molecule has 0 radical (unpaired) electrons. The molecule has 2 aromatic heterocycles. The monoisotopic (exact) mass is 407 g/mol. The van der Waals surface area contributed by atoms with Crippen LogP contribution < -0.4 is 16.0 Å². The molecule has 1 aliphatic heterocycles. The summed E-state index contributed by atoms with van der Waals surface area (Å²) in [6, 6.07) is 0.176. The van der Waals surface area contributed by atoms with Crippen molar-refractivity contribution in [2.24, 2.45) is 5.73 Å². The van der Waals surface area contributed by atoms with Crippen LogP contribution in [0.2, 0.25) is 0 Å². The van der Waals surface area contributed by atoms with E-state index in [-0.39, 0.29) is 11.9 Å². The first-order chi connectivity index (χ1) is 12.1. The van der Waals surface area contributed by atoms with Crippen molar-refractivity contribution in [3.05, 3.63) is 16.9 Å². The van der Waals surface area contributed by atoms with Crippen LogP contribution in [0.1, 0.15) is 45.4 Å². The molecule has 4 N–H and O–H groups in total. The molecule has 0 aromatic carbocycles. The van der Waals surface area contributed by atoms with Gasteiger partial charge >= 0.3 is 0 Å². The topological polar surface area (TPSA) is 87.0 Å². The van der Waals surface area contributed by atoms with Gasteiger partial charge in [-0.25, -0.2) is 4.98 Å². The molecule has 0 unspecified atom stereocenters. The molecule has 1 amide bonds. The molecule has 1 aliphatic rings. The van der Waals surface area contributed by atoms with Crippen LogP contribution >= 0.6 is 15.9 Å². The largest absolute Gasteiger partial charge is 0.368 e. The molecule has 6 nitrogen and oxygen atoms in total. The summed E-state index contributed by atoms with van der Waals surface area (Å²) >= 11 is 3.64. The van der Waals surface area contributed by atoms with E-state index in [0.717, 1.165) is 72.1 Å². The number of anilines is 2. The van der Waals surface area contributed by atoms with Crippen molar-refractivity contribution in [2.75, 3.05) is 23.3 Å². The maximum Gasteiger partial charge on any atom is 0.224 e. The molecule has 136 valence electrons. The van der Waals surface area contributed by atoms with Gasteiger partial charge in [-0.3, -0.25) is 4.79 Å². The highest BCUT2D eigenvalue weighted by atomic mass is 79.9. The summed E-state index contributed by atoms with van der Waals surface area (Å²) in [5.41, 5.74) is 8.80. The molecule has 1 fully saturated rings. The van der Waals surface area contributed by atoms with Gasteiger partial charge in [0.2, 0.25) is 5.91 Å². The summed E-state index contributed by atoms with van der Waals surface area (Å²) in [5, 5.41) is 4.00. The molecule has 7 heteroatoms. The smallest absolute Gasteiger partial charge is 0.224 e. The molecule has 3 rings (SSSR count). The number of rotatable bonds is 6. The second kappa shape index (κ2) is 8.19. The lowest BCUT2D eigenvalue weighted by Gasteiger charge is -2.33. The van der Waals surface area contributed by atoms with Crippen LogP contribution in [-0.4, -0.2) is 35.0 Å². The SMILES string of the molecule is CCCCCC(=O)Nc1c[nH]c2ncc(Br)c(N3CCC[C@@H](N)C3)c12. The number of amides is 1. The lowest BCUT2D eigenvalue weighted by Crippen LogP contribution is -2.43. The first kappa shape index (κ1) is 18.2. The van der Waals surface area contributed by atoms with E-state index in [9.17, 15) is 4.79 Å². The van der Waals surface area contributed by atoms with Crippen molar-refractivity contribution < 1.29 is 4.79 Å². The molecule has 0 spiro atoms. The van der Waals surface area contributed by atoms with E-state index < -0.39 is 0 Å². The van der Waals surface area contributed by atoms with Gasteiger partial charge in [-0.1, -0.05) is 19.8 Å². The average Bonchev–Trinajstić information content (AvgIpc) is 2.98. The van der Waals surface area contributed by atoms with E-state index in [1.165, 1.54) is 0 Å². The normalized spacial score (nSPS) is 17.9. The van der Waals surface area contributed by atoms with Gasteiger partial charge in [0.1, 0.15) is 5.65 Å². The van der Waals surface area contributed by atoms with Gasteiger partial charge in [0.15, 0.2) is 0 Å². The average molecular weight is 408 g/mol. The number of nitrogens with zero attached hydrogens (tertiary/aromatic N) is 2. The van der Waals surface area contributed by atoms with Gasteiger partial charge in [-0.15, -0.1) is 0 Å². The van der Waals surface area contributed by atoms with Crippen LogP contribution in [0, 0.1) is 0 Å². The summed E-state index contributed by atoms with van der Waals surface area (Å²) < 4.78 is 0.926. The van der Waals surface area contributed by atoms with Crippen LogP contribution in [0.4, 0.5) is 11.4 Å². The van der Waals surface area contributed by atoms with Crippen molar-refractivity contribution in [1.29, 1.82) is 0 Å². The summed E-state index contributed by atoms with van der Waals surface area (Å²) in [6.07, 6.45) is 9.40. The van der Waals surface area contributed by atoms with Gasteiger partial charge < -0.3 is 20.9 Å². The number of H-pyrrole nitrogens is 1. The molecule has 0 bridgehead atoms. The van der Waals surface area contributed by atoms with Crippen molar-refractivity contribution in [3.8, 4) is 0 Å². The highest BCUT2D eigenvalue weighted by Crippen LogP contribution is 2.38. The lowest BCUT2D eigenvalue weighted by atomic mass is 10.1. The first-order valence-corrected chi connectivity index (χ1v) is 9.85. The second-order valence-electron chi connectivity index (χ2n) is 6.73. The highest BCUT2D eigenvalue weighted by molar-refractivity contribution is 9.10. The zero-order valence-electron chi connectivity index (χ0n) is 14.6. The fourth-order valence-corrected chi connectivity index (χ4v) is 3.98. The zero-order valence-corrected chi connectivity index (χ0v) is 16.2. The van der Waals surface area contributed by atoms with E-state index in [2.05, 4.69) is 43.0 Å². The van der Waals surface area contributed by atoms with Crippen molar-refractivity contribution >= 4 is 44.2 Å². The Hall–Kier alpha value is -1.60. The number of aromatic nitrogens is 2. The molecule has 3 heterocycles. The number of carbonyl (C=O) groups excluding carboxylic acids is 1. The van der Waals surface area contributed by atoms with Crippen LogP contribution in [0.15, 0.2) is 16.9 Å². The van der Waals surface area contributed by atoms with Crippen molar-refractivity contribution in [2.45, 2.75) is 51.5 Å². The Labute approximate surface area is 156 Å². The zero-order chi connectivity index (χ0) is 17.8. The Morgan fingerprint density at radius 1 is 1.52 bits per heavy atom. The van der Waals surface area contributed by atoms with Crippen LogP contribution in [0.3, 0.4) is 0 Å². The van der Waals surface area contributed by atoms with Gasteiger partial charge in [-0.2, -0.15) is 0 Å². The fourth-order valence-electron chi connectivity index (χ4n) is 3.42. The van der Waals surface area contributed by atoms with Gasteiger partial charge in [-0.05, 0) is 35.2 Å². The number of hydrogen-bond donors (Lipinski definition) is 3. The van der Waals surface area contributed by atoms with Gasteiger partial charge in [0.25, 0.3) is 0 Å². The number of carbonyl (C=O) groups is 1. The van der Waals surface area contributed by atoms with Gasteiger partial charge in [0.05, 0.1) is 21.2 Å². The second-order valence-corrected chi connectivity index (χ2v) is 7.59. The Bertz CT molecular complexity index is 744. The summed E-state index contributed by atoms with van der Waals surface area (Å²) in [7, 11) is 0. The summed E-state index contributed by atoms with van der Waals surface area (Å²) in [6.45, 7) is 3.91. The van der Waals surface area contributed by atoms with Crippen LogP contribution in [0.5, 0.6) is 0 Å². The van der Waals surface area contributed by atoms with Crippen molar-refractivity contribution in [3.63, 3.8) is 0 Å². The first-order valence-electron chi connectivity index (χ1n) is 9.06. The Morgan fingerprint density at radius 2 is 2.36 bits per heavy atom. The number of pyridine rings is 1. The fraction of sp³-hybridized carbons (Fsp3) is 0.556. The predicted octanol–water partition coefficient (Wildman–Crippen LogP) is 3.77. The third kappa shape index (κ3) is 4.15. The van der Waals surface area contributed by atoms with Gasteiger partial charge in [0, 0.05) is 37.9 Å². The molecule has 2 aromatic rings. The molecule has 0 aliphatic carbocycles. The molecular formula is C18H26BrN5O. The van der Waals surface area contributed by atoms with Crippen LogP contribution in [0.25, 0.3) is 11.0 Å².